The summed E-state index contributed by atoms with van der Waals surface area (Å²) >= 11 is 0. The summed E-state index contributed by atoms with van der Waals surface area (Å²) in [5.41, 5.74) is 2.87. The van der Waals surface area contributed by atoms with Crippen LogP contribution in [0.15, 0.2) is 36.7 Å². The van der Waals surface area contributed by atoms with Crippen LogP contribution >= 0.6 is 0 Å². The number of hydrogen-bond acceptors (Lipinski definition) is 6. The molecule has 2 N–H and O–H groups in total. The first-order valence-corrected chi connectivity index (χ1v) is 10.6. The Morgan fingerprint density at radius 3 is 2.88 bits per heavy atom. The average molecular weight is 460 g/mol. The second-order valence-electron chi connectivity index (χ2n) is 7.93. The number of pyridine rings is 1. The predicted octanol–water partition coefficient (Wildman–Crippen LogP) is 2.98. The minimum atomic E-state index is -2.90. The Morgan fingerprint density at radius 1 is 1.33 bits per heavy atom. The fourth-order valence-corrected chi connectivity index (χ4v) is 4.18. The van der Waals surface area contributed by atoms with Crippen LogP contribution in [0.2, 0.25) is 0 Å². The van der Waals surface area contributed by atoms with Crippen molar-refractivity contribution >= 4 is 28.4 Å². The number of ether oxygens (including phenoxy) is 1. The smallest absolute Gasteiger partial charge is 0.387 e. The van der Waals surface area contributed by atoms with Crippen LogP contribution in [0.25, 0.3) is 11.0 Å². The zero-order valence-electron chi connectivity index (χ0n) is 18.4. The Hall–Kier alpha value is -3.47. The molecular weight excluding hydrogens is 434 g/mol. The maximum atomic E-state index is 13.0. The molecule has 0 spiro atoms. The highest BCUT2D eigenvalue weighted by atomic mass is 19.3. The first kappa shape index (κ1) is 22.7. The monoisotopic (exact) mass is 460 g/mol. The number of benzene rings is 1. The Bertz CT molecular complexity index is 1140. The minimum Gasteiger partial charge on any atom is -0.435 e. The molecule has 0 radical (unpaired) electrons. The lowest BCUT2D eigenvalue weighted by Crippen LogP contribution is -2.56. The van der Waals surface area contributed by atoms with Gasteiger partial charge in [-0.1, -0.05) is 0 Å². The van der Waals surface area contributed by atoms with Crippen LogP contribution in [0.3, 0.4) is 0 Å². The molecule has 0 unspecified atom stereocenters. The summed E-state index contributed by atoms with van der Waals surface area (Å²) in [5.74, 6) is 0.0381. The normalized spacial score (nSPS) is 16.5. The SMILES string of the molecule is Cc1cc(OC(F)F)ccc1NC(=O)N1CCN(c2ccnc3c2cnn3C)[C@@H](CCO)C1. The minimum absolute atomic E-state index is 0.0113. The van der Waals surface area contributed by atoms with Gasteiger partial charge in [-0.25, -0.2) is 9.78 Å². The number of alkyl halides is 2. The molecule has 1 aromatic carbocycles. The molecule has 1 aliphatic heterocycles. The van der Waals surface area contributed by atoms with Gasteiger partial charge in [-0.15, -0.1) is 0 Å². The molecule has 1 atom stereocenters. The van der Waals surface area contributed by atoms with Gasteiger partial charge < -0.3 is 25.0 Å². The van der Waals surface area contributed by atoms with E-state index in [9.17, 15) is 18.7 Å². The van der Waals surface area contributed by atoms with Crippen LogP contribution in [0.4, 0.5) is 25.0 Å². The van der Waals surface area contributed by atoms with Gasteiger partial charge in [-0.05, 0) is 43.2 Å². The second kappa shape index (κ2) is 9.57. The number of hydrogen-bond donors (Lipinski definition) is 2. The van der Waals surface area contributed by atoms with Crippen molar-refractivity contribution in [2.45, 2.75) is 26.0 Å². The number of carbonyl (C=O) groups excluding carboxylic acids is 1. The van der Waals surface area contributed by atoms with Gasteiger partial charge >= 0.3 is 12.6 Å². The van der Waals surface area contributed by atoms with E-state index in [2.05, 4.69) is 25.0 Å². The Balaban J connectivity index is 1.48. The molecule has 11 heteroatoms. The highest BCUT2D eigenvalue weighted by molar-refractivity contribution is 5.91. The van der Waals surface area contributed by atoms with E-state index < -0.39 is 6.61 Å². The van der Waals surface area contributed by atoms with Gasteiger partial charge in [0.2, 0.25) is 0 Å². The number of halogens is 2. The van der Waals surface area contributed by atoms with E-state index in [0.717, 1.165) is 16.7 Å². The summed E-state index contributed by atoms with van der Waals surface area (Å²) < 4.78 is 31.0. The number of urea groups is 1. The molecular formula is C22H26F2N6O3. The Kier molecular flexibility index (Phi) is 6.59. The van der Waals surface area contributed by atoms with Crippen molar-refractivity contribution in [1.82, 2.24) is 19.7 Å². The highest BCUT2D eigenvalue weighted by Gasteiger charge is 2.31. The average Bonchev–Trinajstić information content (AvgIpc) is 3.16. The van der Waals surface area contributed by atoms with Crippen LogP contribution in [0.5, 0.6) is 5.75 Å². The predicted molar refractivity (Wildman–Crippen MR) is 120 cm³/mol. The number of nitrogens with zero attached hydrogens (tertiary/aromatic N) is 5. The maximum absolute atomic E-state index is 13.0. The van der Waals surface area contributed by atoms with Crippen LogP contribution < -0.4 is 15.0 Å². The summed E-state index contributed by atoms with van der Waals surface area (Å²) in [6.07, 6.45) is 4.00. The number of amides is 2. The maximum Gasteiger partial charge on any atom is 0.387 e. The number of nitrogens with one attached hydrogen (secondary N) is 1. The number of aryl methyl sites for hydroxylation is 2. The molecule has 33 heavy (non-hydrogen) atoms. The van der Waals surface area contributed by atoms with Gasteiger partial charge in [0.15, 0.2) is 5.65 Å². The number of aromatic nitrogens is 3. The van der Waals surface area contributed by atoms with Crippen LogP contribution in [0.1, 0.15) is 12.0 Å². The van der Waals surface area contributed by atoms with Gasteiger partial charge in [-0.3, -0.25) is 4.68 Å². The van der Waals surface area contributed by atoms with Gasteiger partial charge in [0, 0.05) is 51.2 Å². The third kappa shape index (κ3) is 4.82. The Labute approximate surface area is 189 Å². The Morgan fingerprint density at radius 2 is 2.15 bits per heavy atom. The van der Waals surface area contributed by atoms with E-state index in [1.165, 1.54) is 12.1 Å². The van der Waals surface area contributed by atoms with E-state index >= 15 is 0 Å². The third-order valence-corrected chi connectivity index (χ3v) is 5.82. The molecule has 1 fully saturated rings. The molecule has 1 saturated heterocycles. The summed E-state index contributed by atoms with van der Waals surface area (Å²) in [7, 11) is 1.83. The lowest BCUT2D eigenvalue weighted by atomic mass is 10.1. The fourth-order valence-electron chi connectivity index (χ4n) is 4.18. The number of rotatable bonds is 6. The fraction of sp³-hybridized carbons (Fsp3) is 0.409. The lowest BCUT2D eigenvalue weighted by molar-refractivity contribution is -0.0498. The van der Waals surface area contributed by atoms with Gasteiger partial charge in [0.05, 0.1) is 17.3 Å². The van der Waals surface area contributed by atoms with Crippen LogP contribution in [0, 0.1) is 6.92 Å². The van der Waals surface area contributed by atoms with Crippen molar-refractivity contribution in [2.24, 2.45) is 7.05 Å². The van der Waals surface area contributed by atoms with Crippen molar-refractivity contribution in [3.05, 3.63) is 42.2 Å². The van der Waals surface area contributed by atoms with Crippen LogP contribution in [-0.2, 0) is 7.05 Å². The molecule has 0 aliphatic carbocycles. The largest absolute Gasteiger partial charge is 0.435 e. The van der Waals surface area contributed by atoms with E-state index in [-0.39, 0.29) is 24.4 Å². The van der Waals surface area contributed by atoms with Crippen molar-refractivity contribution in [3.8, 4) is 5.75 Å². The van der Waals surface area contributed by atoms with Crippen molar-refractivity contribution in [2.75, 3.05) is 36.5 Å². The zero-order valence-corrected chi connectivity index (χ0v) is 18.4. The summed E-state index contributed by atoms with van der Waals surface area (Å²) in [4.78, 5) is 21.2. The number of anilines is 2. The van der Waals surface area contributed by atoms with Crippen molar-refractivity contribution in [1.29, 1.82) is 0 Å². The molecule has 3 heterocycles. The van der Waals surface area contributed by atoms with Gasteiger partial charge in [0.25, 0.3) is 0 Å². The molecule has 0 saturated carbocycles. The molecule has 3 aromatic rings. The van der Waals surface area contributed by atoms with Crippen molar-refractivity contribution in [3.63, 3.8) is 0 Å². The summed E-state index contributed by atoms with van der Waals surface area (Å²) in [6, 6.07) is 5.94. The first-order valence-electron chi connectivity index (χ1n) is 10.6. The highest BCUT2D eigenvalue weighted by Crippen LogP contribution is 2.30. The van der Waals surface area contributed by atoms with Crippen LogP contribution in [-0.4, -0.2) is 69.7 Å². The molecule has 2 amide bonds. The third-order valence-electron chi connectivity index (χ3n) is 5.82. The van der Waals surface area contributed by atoms with E-state index in [0.29, 0.717) is 37.3 Å². The molecule has 1 aliphatic rings. The number of piperazine rings is 1. The number of carbonyl (C=O) groups is 1. The van der Waals surface area contributed by atoms with Gasteiger partial charge in [0.1, 0.15) is 5.75 Å². The number of aliphatic hydroxyl groups is 1. The van der Waals surface area contributed by atoms with E-state index in [1.807, 2.05) is 13.1 Å². The summed E-state index contributed by atoms with van der Waals surface area (Å²) in [6.45, 7) is 0.265. The quantitative estimate of drug-likeness (QED) is 0.587. The second-order valence-corrected chi connectivity index (χ2v) is 7.93. The molecule has 0 bridgehead atoms. The van der Waals surface area contributed by atoms with Gasteiger partial charge in [-0.2, -0.15) is 13.9 Å². The van der Waals surface area contributed by atoms with E-state index in [1.54, 1.807) is 35.0 Å². The van der Waals surface area contributed by atoms with E-state index in [4.69, 9.17) is 0 Å². The lowest BCUT2D eigenvalue weighted by Gasteiger charge is -2.42. The zero-order chi connectivity index (χ0) is 23.5. The topological polar surface area (TPSA) is 95.8 Å². The molecule has 9 nitrogen and oxygen atoms in total. The molecule has 176 valence electrons. The standard InChI is InChI=1S/C22H26F2N6O3/c1-14-11-16(33-21(23)24)3-4-18(14)27-22(32)29-8-9-30(15(13-29)6-10-31)19-5-7-25-20-17(19)12-26-28(20)2/h3-5,7,11-12,15,21,31H,6,8-10,13H2,1-2H3,(H,27,32)/t15-/m0/s1. The first-order chi connectivity index (χ1) is 15.9. The molecule has 2 aromatic heterocycles. The number of aliphatic hydroxyl groups excluding tert-OH is 1. The number of fused-ring (bicyclic) bond motifs is 1. The van der Waals surface area contributed by atoms with Crippen molar-refractivity contribution < 1.29 is 23.4 Å². The molecule has 4 rings (SSSR count). The summed E-state index contributed by atoms with van der Waals surface area (Å²) in [5, 5.41) is 17.7.